The van der Waals surface area contributed by atoms with Crippen molar-refractivity contribution in [3.05, 3.63) is 37.0 Å². The van der Waals surface area contributed by atoms with Crippen LogP contribution in [0.4, 0.5) is 5.82 Å². The molecule has 1 aliphatic heterocycles. The van der Waals surface area contributed by atoms with Gasteiger partial charge in [-0.25, -0.2) is 28.6 Å². The summed E-state index contributed by atoms with van der Waals surface area (Å²) in [5.74, 6) is -1.08. The van der Waals surface area contributed by atoms with Gasteiger partial charge in [-0.15, -0.1) is 0 Å². The minimum absolute atomic E-state index is 0.0292. The molecule has 0 bridgehead atoms. The van der Waals surface area contributed by atoms with E-state index in [0.717, 1.165) is 86.8 Å². The molecule has 3 heterocycles. The van der Waals surface area contributed by atoms with Gasteiger partial charge in [0.25, 0.3) is 0 Å². The second kappa shape index (κ2) is 28.7. The van der Waals surface area contributed by atoms with Crippen molar-refractivity contribution in [1.82, 2.24) is 30.2 Å². The van der Waals surface area contributed by atoms with Crippen LogP contribution >= 0.6 is 35.2 Å². The predicted molar refractivity (Wildman–Crippen MR) is 248 cm³/mol. The van der Waals surface area contributed by atoms with Crippen molar-refractivity contribution in [1.29, 1.82) is 0 Å². The number of fused-ring (bicyclic) bond motifs is 1. The number of aliphatic hydroxyl groups is 3. The fourth-order valence-electron chi connectivity index (χ4n) is 6.49. The minimum Gasteiger partial charge on any atom is -0.393 e. The summed E-state index contributed by atoms with van der Waals surface area (Å²) in [5, 5.41) is 36.6. The van der Waals surface area contributed by atoms with Crippen LogP contribution in [-0.2, 0) is 50.7 Å². The number of hydrogen-bond donors (Lipinski definition) is 10. The Labute approximate surface area is 398 Å². The smallest absolute Gasteiger partial charge is 0.393 e. The van der Waals surface area contributed by atoms with Crippen molar-refractivity contribution in [2.75, 3.05) is 37.8 Å². The Balaban J connectivity index is 1.30. The number of nitrogen functional groups attached to an aromatic ring is 1. The molecule has 0 saturated carbocycles. The molecule has 0 aromatic carbocycles. The third-order valence-electron chi connectivity index (χ3n) is 10.2. The summed E-state index contributed by atoms with van der Waals surface area (Å²) in [6.07, 6.45) is 10.7. The minimum atomic E-state index is -5.58. The van der Waals surface area contributed by atoms with Gasteiger partial charge >= 0.3 is 23.5 Å². The number of phosphoric ester groups is 3. The number of ether oxygens (including phenoxy) is 1. The predicted octanol–water partition coefficient (Wildman–Crippen LogP) is 3.45. The topological polar surface area (TPSA) is 384 Å². The Morgan fingerprint density at radius 1 is 0.926 bits per heavy atom. The van der Waals surface area contributed by atoms with Crippen molar-refractivity contribution in [2.45, 2.75) is 135 Å². The van der Waals surface area contributed by atoms with Crippen molar-refractivity contribution in [2.24, 2.45) is 5.41 Å². The van der Waals surface area contributed by atoms with Gasteiger partial charge in [0.2, 0.25) is 11.8 Å². The lowest BCUT2D eigenvalue weighted by Crippen LogP contribution is -2.46. The molecular weight excluding hydrogens is 979 g/mol. The maximum Gasteiger partial charge on any atom is 0.481 e. The highest BCUT2D eigenvalue weighted by molar-refractivity contribution is 8.13. The van der Waals surface area contributed by atoms with Crippen LogP contribution in [-0.4, -0.2) is 134 Å². The number of anilines is 1. The maximum atomic E-state index is 12.7. The molecule has 0 aliphatic carbocycles. The Morgan fingerprint density at radius 2 is 1.62 bits per heavy atom. The molecule has 2 amide bonds. The lowest BCUT2D eigenvalue weighted by molar-refractivity contribution is -0.137. The van der Waals surface area contributed by atoms with Gasteiger partial charge in [-0.1, -0.05) is 76.1 Å². The molecule has 2 aromatic rings. The zero-order chi connectivity index (χ0) is 50.5. The van der Waals surface area contributed by atoms with Crippen molar-refractivity contribution in [3.8, 4) is 0 Å². The number of carbonyl (C=O) groups excluding carboxylic acids is 3. The summed E-state index contributed by atoms with van der Waals surface area (Å²) in [4.78, 5) is 88.3. The van der Waals surface area contributed by atoms with Crippen LogP contribution in [0.3, 0.4) is 0 Å². The lowest BCUT2D eigenvalue weighted by atomic mass is 9.87. The zero-order valence-electron chi connectivity index (χ0n) is 38.2. The van der Waals surface area contributed by atoms with Crippen molar-refractivity contribution >= 4 is 69.1 Å². The number of imidazole rings is 1. The first-order valence-electron chi connectivity index (χ1n) is 22.0. The largest absolute Gasteiger partial charge is 0.481 e. The number of allylic oxidation sites excluding steroid dienone is 3. The fraction of sp³-hybridized carbons (Fsp3) is 0.692. The SMILES string of the molecule is CC/C=C\CC[C@@H](O)C/C=C\CCCCCCCC(=O)SCCNC(=O)CCNC(=O)[C@H](O)C(C)(C)COP(=O)(O)OP(=O)(O)OC[C@H]1O[C@@H](n2cnc3c(N)ncnc32)[C@H](O)[C@@H]1OP(=O)(O)O. The van der Waals surface area contributed by atoms with Crippen LogP contribution in [0.25, 0.3) is 11.2 Å². The van der Waals surface area contributed by atoms with Crippen LogP contribution in [0.1, 0.15) is 104 Å². The number of rotatable bonds is 33. The Kier molecular flexibility index (Phi) is 25.1. The molecule has 8 atom stereocenters. The number of thioether (sulfide) groups is 1. The summed E-state index contributed by atoms with van der Waals surface area (Å²) in [7, 11) is -16.4. The van der Waals surface area contributed by atoms with E-state index in [-0.39, 0.29) is 47.7 Å². The molecule has 29 heteroatoms. The third kappa shape index (κ3) is 21.6. The number of aliphatic hydroxyl groups excluding tert-OH is 3. The van der Waals surface area contributed by atoms with Gasteiger partial charge < -0.3 is 56.0 Å². The number of phosphoric acid groups is 3. The molecule has 68 heavy (non-hydrogen) atoms. The number of amides is 2. The highest BCUT2D eigenvalue weighted by atomic mass is 32.2. The first-order chi connectivity index (χ1) is 31.9. The molecule has 1 aliphatic rings. The summed E-state index contributed by atoms with van der Waals surface area (Å²) >= 11 is 1.12. The number of nitrogens with two attached hydrogens (primary N) is 1. The highest BCUT2D eigenvalue weighted by Crippen LogP contribution is 2.61. The van der Waals surface area contributed by atoms with Crippen molar-refractivity contribution in [3.63, 3.8) is 0 Å². The average molecular weight is 1050 g/mol. The molecule has 3 rings (SSSR count). The first-order valence-corrected chi connectivity index (χ1v) is 27.5. The number of nitrogens with zero attached hydrogens (tertiary/aromatic N) is 4. The Bertz CT molecular complexity index is 2130. The number of hydrogen-bond acceptors (Lipinski definition) is 19. The van der Waals surface area contributed by atoms with E-state index in [1.54, 1.807) is 0 Å². The summed E-state index contributed by atoms with van der Waals surface area (Å²) in [6, 6.07) is 0. The third-order valence-corrected chi connectivity index (χ3v) is 14.2. The Morgan fingerprint density at radius 3 is 2.34 bits per heavy atom. The summed E-state index contributed by atoms with van der Waals surface area (Å²) < 4.78 is 62.4. The zero-order valence-corrected chi connectivity index (χ0v) is 41.7. The number of nitrogens with one attached hydrogen (secondary N) is 2. The highest BCUT2D eigenvalue weighted by Gasteiger charge is 2.50. The molecule has 25 nitrogen and oxygen atoms in total. The van der Waals surface area contributed by atoms with Crippen LogP contribution < -0.4 is 16.4 Å². The van der Waals surface area contributed by atoms with Gasteiger partial charge in [0, 0.05) is 37.1 Å². The van der Waals surface area contributed by atoms with Crippen LogP contribution in [0.2, 0.25) is 0 Å². The van der Waals surface area contributed by atoms with Gasteiger partial charge in [-0.05, 0) is 44.9 Å². The van der Waals surface area contributed by atoms with E-state index in [0.29, 0.717) is 18.6 Å². The summed E-state index contributed by atoms with van der Waals surface area (Å²) in [5.41, 5.74) is 4.27. The molecule has 386 valence electrons. The van der Waals surface area contributed by atoms with E-state index in [9.17, 15) is 63.0 Å². The van der Waals surface area contributed by atoms with Gasteiger partial charge in [0.15, 0.2) is 22.8 Å². The van der Waals surface area contributed by atoms with Gasteiger partial charge in [0.1, 0.15) is 36.3 Å². The quantitative estimate of drug-likeness (QED) is 0.0278. The standard InChI is InChI=1S/C39H66N7O18P3S/c1-4-5-6-13-16-27(47)17-14-11-9-7-8-10-12-15-18-30(49)68-22-21-41-29(48)19-20-42-37(52)34(51)39(2,3)24-61-67(58,59)64-66(56,57)60-23-28-33(63-65(53,54)55)32(50)38(62-28)46-26-45-31-35(40)43-25-44-36(31)46/h5-6,11,14,25-28,32-34,38,47,50-51H,4,7-10,12-13,15-24H2,1-3H3,(H,41,48)(H,42,52)(H,56,57)(H,58,59)(H2,40,43,44)(H2,53,54,55)/b6-5-,14-11-/t27-,28-,32-,33-,34+,38-/m1/s1. The van der Waals surface area contributed by atoms with E-state index in [4.69, 9.17) is 19.5 Å². The maximum absolute atomic E-state index is 12.7. The number of carbonyl (C=O) groups is 3. The van der Waals surface area contributed by atoms with Crippen LogP contribution in [0.5, 0.6) is 0 Å². The first kappa shape index (κ1) is 59.3. The average Bonchev–Trinajstić information content (AvgIpc) is 3.82. The molecule has 2 aromatic heterocycles. The van der Waals surface area contributed by atoms with E-state index in [1.165, 1.54) is 13.8 Å². The summed E-state index contributed by atoms with van der Waals surface area (Å²) in [6.45, 7) is 2.59. The molecule has 1 fully saturated rings. The number of unbranched alkanes of at least 4 members (excludes halogenated alkanes) is 5. The van der Waals surface area contributed by atoms with Gasteiger partial charge in [0.05, 0.1) is 25.6 Å². The Hall–Kier alpha value is -3.00. The van der Waals surface area contributed by atoms with Crippen molar-refractivity contribution < 1.29 is 85.6 Å². The van der Waals surface area contributed by atoms with Gasteiger partial charge in [-0.2, -0.15) is 4.31 Å². The fourth-order valence-corrected chi connectivity index (χ4v) is 10.0. The van der Waals surface area contributed by atoms with E-state index < -0.39 is 84.6 Å². The molecule has 1 saturated heterocycles. The van der Waals surface area contributed by atoms with Gasteiger partial charge in [-0.3, -0.25) is 32.5 Å². The van der Waals surface area contributed by atoms with E-state index in [1.807, 2.05) is 6.08 Å². The molecule has 11 N–H and O–H groups in total. The molecule has 0 spiro atoms. The van der Waals surface area contributed by atoms with E-state index >= 15 is 0 Å². The second-order valence-corrected chi connectivity index (χ2v) is 21.8. The molecule has 2 unspecified atom stereocenters. The molecular formula is C39H66N7O18P3S. The molecule has 0 radical (unpaired) electrons. The van der Waals surface area contributed by atoms with Crippen LogP contribution in [0.15, 0.2) is 37.0 Å². The van der Waals surface area contributed by atoms with Crippen LogP contribution in [0, 0.1) is 5.41 Å². The lowest BCUT2D eigenvalue weighted by Gasteiger charge is -2.30. The second-order valence-electron chi connectivity index (χ2n) is 16.4. The normalized spacial score (nSPS) is 20.7. The number of aromatic nitrogens is 4. The van der Waals surface area contributed by atoms with E-state index in [2.05, 4.69) is 59.6 Å². The monoisotopic (exact) mass is 1050 g/mol.